The van der Waals surface area contributed by atoms with E-state index in [2.05, 4.69) is 9.97 Å². The summed E-state index contributed by atoms with van der Waals surface area (Å²) in [6, 6.07) is 7.94. The monoisotopic (exact) mass is 359 g/mol. The maximum absolute atomic E-state index is 13.3. The number of rotatable bonds is 4. The Morgan fingerprint density at radius 2 is 2.12 bits per heavy atom. The van der Waals surface area contributed by atoms with Gasteiger partial charge in [-0.15, -0.1) is 11.3 Å². The quantitative estimate of drug-likeness (QED) is 0.304. The first-order chi connectivity index (χ1) is 12.0. The number of hydrogen-bond acceptors (Lipinski definition) is 7. The first-order valence-electron chi connectivity index (χ1n) is 7.00. The Labute approximate surface area is 144 Å². The van der Waals surface area contributed by atoms with Gasteiger partial charge in [0, 0.05) is 18.3 Å². The summed E-state index contributed by atoms with van der Waals surface area (Å²) >= 11 is 1.05. The third-order valence-corrected chi connectivity index (χ3v) is 4.35. The average molecular weight is 359 g/mol. The Kier molecular flexibility index (Phi) is 4.48. The van der Waals surface area contributed by atoms with Gasteiger partial charge in [0.05, 0.1) is 16.3 Å². The van der Waals surface area contributed by atoms with Crippen LogP contribution in [0, 0.1) is 22.9 Å². The van der Waals surface area contributed by atoms with E-state index in [1.165, 1.54) is 0 Å². The van der Waals surface area contributed by atoms with E-state index in [4.69, 9.17) is 4.74 Å². The summed E-state index contributed by atoms with van der Waals surface area (Å²) in [7, 11) is 0. The van der Waals surface area contributed by atoms with Gasteiger partial charge in [-0.1, -0.05) is 6.07 Å². The van der Waals surface area contributed by atoms with Gasteiger partial charge in [0.2, 0.25) is 5.75 Å². The molecule has 0 aliphatic carbocycles. The summed E-state index contributed by atoms with van der Waals surface area (Å²) < 4.78 is 18.4. The van der Waals surface area contributed by atoms with E-state index in [9.17, 15) is 19.3 Å². The molecule has 0 amide bonds. The predicted molar refractivity (Wildman–Crippen MR) is 88.1 cm³/mol. The minimum absolute atomic E-state index is 0.166. The molecule has 126 valence electrons. The first kappa shape index (κ1) is 16.7. The van der Waals surface area contributed by atoms with E-state index in [0.717, 1.165) is 29.5 Å². The van der Waals surface area contributed by atoms with Crippen molar-refractivity contribution in [1.82, 2.24) is 9.97 Å². The second-order valence-corrected chi connectivity index (χ2v) is 5.91. The highest BCUT2D eigenvalue weighted by Crippen LogP contribution is 2.31. The number of carbonyl (C=O) groups excluding carboxylic acids is 1. The fraction of sp³-hybridized carbons (Fsp3) is 0.0625. The number of pyridine rings is 1. The molecule has 0 saturated heterocycles. The van der Waals surface area contributed by atoms with Crippen LogP contribution in [0.1, 0.15) is 15.4 Å². The summed E-state index contributed by atoms with van der Waals surface area (Å²) in [6.07, 6.45) is 1.60. The summed E-state index contributed by atoms with van der Waals surface area (Å²) in [6.45, 7) is 1.61. The van der Waals surface area contributed by atoms with Crippen LogP contribution in [0.3, 0.4) is 0 Å². The van der Waals surface area contributed by atoms with Gasteiger partial charge < -0.3 is 4.74 Å². The van der Waals surface area contributed by atoms with Crippen LogP contribution in [0.15, 0.2) is 42.6 Å². The lowest BCUT2D eigenvalue weighted by Gasteiger charge is -2.04. The van der Waals surface area contributed by atoms with Crippen LogP contribution < -0.4 is 4.74 Å². The van der Waals surface area contributed by atoms with Crippen molar-refractivity contribution in [2.75, 3.05) is 0 Å². The average Bonchev–Trinajstić information content (AvgIpc) is 2.97. The van der Waals surface area contributed by atoms with Crippen molar-refractivity contribution in [3.8, 4) is 16.5 Å². The highest BCUT2D eigenvalue weighted by molar-refractivity contribution is 7.17. The standard InChI is InChI=1S/C16H10FN3O4S/c1-9-14(25-15(19-9)11-4-2-3-7-18-11)16(21)24-13-8-10(17)5-6-12(13)20(22)23/h2-8H,1H3. The number of carbonyl (C=O) groups is 1. The number of ether oxygens (including phenoxy) is 1. The maximum Gasteiger partial charge on any atom is 0.355 e. The van der Waals surface area contributed by atoms with E-state index in [1.54, 1.807) is 31.3 Å². The molecule has 0 unspecified atom stereocenters. The van der Waals surface area contributed by atoms with E-state index in [-0.39, 0.29) is 4.88 Å². The van der Waals surface area contributed by atoms with Crippen molar-refractivity contribution in [3.05, 3.63) is 69.1 Å². The van der Waals surface area contributed by atoms with Gasteiger partial charge in [-0.2, -0.15) is 0 Å². The van der Waals surface area contributed by atoms with E-state index >= 15 is 0 Å². The molecule has 0 radical (unpaired) electrons. The summed E-state index contributed by atoms with van der Waals surface area (Å²) in [4.78, 5) is 31.2. The fourth-order valence-electron chi connectivity index (χ4n) is 2.05. The van der Waals surface area contributed by atoms with Crippen LogP contribution in [-0.4, -0.2) is 20.9 Å². The van der Waals surface area contributed by atoms with Crippen molar-refractivity contribution in [2.45, 2.75) is 6.92 Å². The van der Waals surface area contributed by atoms with Crippen LogP contribution in [0.25, 0.3) is 10.7 Å². The molecule has 3 aromatic rings. The topological polar surface area (TPSA) is 95.2 Å². The van der Waals surface area contributed by atoms with Crippen molar-refractivity contribution in [2.24, 2.45) is 0 Å². The van der Waals surface area contributed by atoms with E-state index < -0.39 is 28.1 Å². The zero-order valence-electron chi connectivity index (χ0n) is 12.8. The number of thiazole rings is 1. The number of benzene rings is 1. The molecule has 7 nitrogen and oxygen atoms in total. The number of esters is 1. The molecular formula is C16H10FN3O4S. The summed E-state index contributed by atoms with van der Waals surface area (Å²) in [5.74, 6) is -2.04. The minimum Gasteiger partial charge on any atom is -0.415 e. The number of nitro groups is 1. The van der Waals surface area contributed by atoms with Gasteiger partial charge in [0.25, 0.3) is 0 Å². The number of halogens is 1. The second kappa shape index (κ2) is 6.73. The van der Waals surface area contributed by atoms with Crippen molar-refractivity contribution < 1.29 is 18.8 Å². The molecule has 0 saturated carbocycles. The molecule has 3 rings (SSSR count). The zero-order chi connectivity index (χ0) is 18.0. The SMILES string of the molecule is Cc1nc(-c2ccccn2)sc1C(=O)Oc1cc(F)ccc1[N+](=O)[O-]. The molecule has 0 N–H and O–H groups in total. The number of aryl methyl sites for hydroxylation is 1. The minimum atomic E-state index is -0.842. The molecule has 25 heavy (non-hydrogen) atoms. The van der Waals surface area contributed by atoms with Crippen molar-refractivity contribution >= 4 is 23.0 Å². The lowest BCUT2D eigenvalue weighted by Crippen LogP contribution is -2.09. The third-order valence-electron chi connectivity index (χ3n) is 3.19. The zero-order valence-corrected chi connectivity index (χ0v) is 13.6. The largest absolute Gasteiger partial charge is 0.415 e. The molecular weight excluding hydrogens is 349 g/mol. The van der Waals surface area contributed by atoms with Crippen LogP contribution >= 0.6 is 11.3 Å². The first-order valence-corrected chi connectivity index (χ1v) is 7.82. The van der Waals surface area contributed by atoms with Crippen LogP contribution in [0.2, 0.25) is 0 Å². The normalized spacial score (nSPS) is 10.5. The van der Waals surface area contributed by atoms with Crippen LogP contribution in [0.5, 0.6) is 5.75 Å². The van der Waals surface area contributed by atoms with Crippen molar-refractivity contribution in [3.63, 3.8) is 0 Å². The van der Waals surface area contributed by atoms with Crippen LogP contribution in [0.4, 0.5) is 10.1 Å². The molecule has 0 spiro atoms. The Bertz CT molecular complexity index is 959. The van der Waals surface area contributed by atoms with Gasteiger partial charge in [0.1, 0.15) is 15.7 Å². The van der Waals surface area contributed by atoms with Gasteiger partial charge in [-0.25, -0.2) is 14.2 Å². The van der Waals surface area contributed by atoms with Gasteiger partial charge in [-0.05, 0) is 25.1 Å². The molecule has 0 fully saturated rings. The van der Waals surface area contributed by atoms with Gasteiger partial charge >= 0.3 is 11.7 Å². The van der Waals surface area contributed by atoms with E-state index in [0.29, 0.717) is 16.4 Å². The number of nitrogens with zero attached hydrogens (tertiary/aromatic N) is 3. The fourth-order valence-corrected chi connectivity index (χ4v) is 2.97. The van der Waals surface area contributed by atoms with Crippen molar-refractivity contribution in [1.29, 1.82) is 0 Å². The predicted octanol–water partition coefficient (Wildman–Crippen LogP) is 3.78. The third kappa shape index (κ3) is 3.50. The molecule has 9 heteroatoms. The molecule has 0 aliphatic heterocycles. The van der Waals surface area contributed by atoms with E-state index in [1.807, 2.05) is 0 Å². The Morgan fingerprint density at radius 3 is 2.80 bits per heavy atom. The summed E-state index contributed by atoms with van der Waals surface area (Å²) in [5.41, 5.74) is 0.489. The Balaban J connectivity index is 1.92. The number of hydrogen-bond donors (Lipinski definition) is 0. The number of nitro benzene ring substituents is 1. The molecule has 0 aliphatic rings. The number of aromatic nitrogens is 2. The lowest BCUT2D eigenvalue weighted by molar-refractivity contribution is -0.385. The second-order valence-electron chi connectivity index (χ2n) is 4.91. The maximum atomic E-state index is 13.3. The van der Waals surface area contributed by atoms with Crippen LogP contribution in [-0.2, 0) is 0 Å². The molecule has 0 bridgehead atoms. The molecule has 0 atom stereocenters. The van der Waals surface area contributed by atoms with Gasteiger partial charge in [-0.3, -0.25) is 15.1 Å². The summed E-state index contributed by atoms with van der Waals surface area (Å²) in [5, 5.41) is 11.5. The Hall–Kier alpha value is -3.20. The molecule has 2 heterocycles. The smallest absolute Gasteiger partial charge is 0.355 e. The highest BCUT2D eigenvalue weighted by atomic mass is 32.1. The highest BCUT2D eigenvalue weighted by Gasteiger charge is 2.23. The molecule has 2 aromatic heterocycles. The lowest BCUT2D eigenvalue weighted by atomic mass is 10.3. The molecule has 1 aromatic carbocycles. The Morgan fingerprint density at radius 1 is 1.32 bits per heavy atom. The van der Waals surface area contributed by atoms with Gasteiger partial charge in [0.15, 0.2) is 0 Å².